The van der Waals surface area contributed by atoms with Crippen LogP contribution in [0.2, 0.25) is 0 Å². The average Bonchev–Trinajstić information content (AvgIpc) is 2.81. The maximum atomic E-state index is 9.99. The van der Waals surface area contributed by atoms with E-state index in [9.17, 15) is 14.9 Å². The summed E-state index contributed by atoms with van der Waals surface area (Å²) >= 11 is 0. The lowest BCUT2D eigenvalue weighted by atomic mass is 10.0. The van der Waals surface area contributed by atoms with Gasteiger partial charge in [-0.1, -0.05) is 6.07 Å². The number of anilines is 1. The molecule has 0 aliphatic rings. The zero-order valence-corrected chi connectivity index (χ0v) is 19.3. The lowest BCUT2D eigenvalue weighted by Gasteiger charge is -2.14. The van der Waals surface area contributed by atoms with Crippen LogP contribution in [0.15, 0.2) is 30.3 Å². The largest absolute Gasteiger partial charge is 0.495 e. The van der Waals surface area contributed by atoms with E-state index >= 15 is 0 Å². The molecule has 2 rings (SSSR count). The molecule has 0 unspecified atom stereocenters. The standard InChI is InChI=1S/C19H20N2O4.C4H8N2O3/c1-22-16-6-5-12(8-15(16)21)7-14(11-20)13-9-17(23-2)19(25-4)18(10-13)24-3;5-2(4(8)9)1-3(6)7/h5-10H,21H2,1-4H3;2H,1,5H2,(H2,6,7)(H,8,9)/b14-7-;/t;2-/m.1/s1. The summed E-state index contributed by atoms with van der Waals surface area (Å²) in [5.74, 6) is 0.0985. The normalized spacial score (nSPS) is 11.2. The summed E-state index contributed by atoms with van der Waals surface area (Å²) in [6.07, 6.45) is 1.42. The molecule has 0 aromatic heterocycles. The minimum Gasteiger partial charge on any atom is -0.495 e. The number of ether oxygens (including phenoxy) is 4. The van der Waals surface area contributed by atoms with Gasteiger partial charge in [-0.05, 0) is 41.5 Å². The van der Waals surface area contributed by atoms with Crippen LogP contribution in [-0.2, 0) is 9.59 Å². The van der Waals surface area contributed by atoms with Crippen LogP contribution in [0.25, 0.3) is 11.6 Å². The molecule has 0 spiro atoms. The van der Waals surface area contributed by atoms with Crippen LogP contribution in [0.5, 0.6) is 23.0 Å². The molecular formula is C23H28N4O7. The molecule has 0 fully saturated rings. The Morgan fingerprint density at radius 1 is 1.03 bits per heavy atom. The number of nitrogen functional groups attached to an aromatic ring is 1. The Labute approximate surface area is 197 Å². The van der Waals surface area contributed by atoms with Gasteiger partial charge in [0, 0.05) is 0 Å². The molecule has 0 aliphatic heterocycles. The van der Waals surface area contributed by atoms with Gasteiger partial charge in [-0.3, -0.25) is 9.59 Å². The van der Waals surface area contributed by atoms with E-state index in [0.29, 0.717) is 39.8 Å². The number of allylic oxidation sites excluding steroid dienone is 1. The number of aliphatic carboxylic acids is 1. The second kappa shape index (κ2) is 13.2. The highest BCUT2D eigenvalue weighted by atomic mass is 16.5. The van der Waals surface area contributed by atoms with E-state index in [4.69, 9.17) is 35.5 Å². The molecule has 1 amide bonds. The van der Waals surface area contributed by atoms with E-state index in [2.05, 4.69) is 11.8 Å². The molecule has 11 nitrogen and oxygen atoms in total. The quantitative estimate of drug-likeness (QED) is 0.237. The number of carbonyl (C=O) groups is 2. The van der Waals surface area contributed by atoms with Gasteiger partial charge in [-0.2, -0.15) is 5.26 Å². The molecule has 7 N–H and O–H groups in total. The number of primary amides is 1. The number of hydrogen-bond acceptors (Lipinski definition) is 9. The second-order valence-corrected chi connectivity index (χ2v) is 6.70. The van der Waals surface area contributed by atoms with E-state index in [1.807, 2.05) is 6.07 Å². The van der Waals surface area contributed by atoms with Crippen LogP contribution in [-0.4, -0.2) is 51.5 Å². The summed E-state index contributed by atoms with van der Waals surface area (Å²) in [6, 6.07) is 9.80. The van der Waals surface area contributed by atoms with Crippen molar-refractivity contribution in [2.75, 3.05) is 34.2 Å². The molecule has 0 bridgehead atoms. The van der Waals surface area contributed by atoms with Crippen LogP contribution in [0.1, 0.15) is 17.5 Å². The molecule has 2 aromatic rings. The van der Waals surface area contributed by atoms with Gasteiger partial charge >= 0.3 is 5.97 Å². The van der Waals surface area contributed by atoms with Crippen LogP contribution < -0.4 is 36.1 Å². The fourth-order valence-electron chi connectivity index (χ4n) is 2.73. The predicted molar refractivity (Wildman–Crippen MR) is 126 cm³/mol. The number of nitriles is 1. The number of nitrogens with zero attached hydrogens (tertiary/aromatic N) is 1. The Morgan fingerprint density at radius 3 is 1.94 bits per heavy atom. The fraction of sp³-hybridized carbons (Fsp3) is 0.261. The maximum absolute atomic E-state index is 9.99. The molecule has 1 atom stereocenters. The van der Waals surface area contributed by atoms with Crippen molar-refractivity contribution in [3.05, 3.63) is 41.5 Å². The van der Waals surface area contributed by atoms with E-state index in [-0.39, 0.29) is 6.42 Å². The smallest absolute Gasteiger partial charge is 0.321 e. The Balaban J connectivity index is 0.000000546. The van der Waals surface area contributed by atoms with Gasteiger partial charge in [0.25, 0.3) is 0 Å². The van der Waals surface area contributed by atoms with Gasteiger partial charge in [0.2, 0.25) is 11.7 Å². The van der Waals surface area contributed by atoms with Crippen LogP contribution in [0.3, 0.4) is 0 Å². The van der Waals surface area contributed by atoms with Crippen molar-refractivity contribution in [2.24, 2.45) is 11.5 Å². The van der Waals surface area contributed by atoms with Crippen LogP contribution >= 0.6 is 0 Å². The third-order valence-electron chi connectivity index (χ3n) is 4.40. The van der Waals surface area contributed by atoms with Crippen LogP contribution in [0.4, 0.5) is 5.69 Å². The number of rotatable bonds is 9. The zero-order chi connectivity index (χ0) is 25.8. The van der Waals surface area contributed by atoms with Crippen molar-refractivity contribution in [2.45, 2.75) is 12.5 Å². The number of nitrogens with two attached hydrogens (primary N) is 3. The Bertz CT molecular complexity index is 1070. The highest BCUT2D eigenvalue weighted by molar-refractivity contribution is 5.91. The Hall–Kier alpha value is -4.43. The SMILES string of the molecule is COc1ccc(/C=C(/C#N)c2cc(OC)c(OC)c(OC)c2)cc1N.NC(=O)C[C@@H](N)C(=O)O. The van der Waals surface area contributed by atoms with Crippen molar-refractivity contribution in [3.63, 3.8) is 0 Å². The van der Waals surface area contributed by atoms with Crippen molar-refractivity contribution in [1.82, 2.24) is 0 Å². The lowest BCUT2D eigenvalue weighted by Crippen LogP contribution is -2.34. The Morgan fingerprint density at radius 2 is 1.59 bits per heavy atom. The molecule has 0 saturated heterocycles. The third kappa shape index (κ3) is 7.61. The molecule has 0 heterocycles. The molecule has 0 saturated carbocycles. The van der Waals surface area contributed by atoms with Crippen molar-refractivity contribution < 1.29 is 33.6 Å². The number of benzene rings is 2. The van der Waals surface area contributed by atoms with Gasteiger partial charge in [-0.25, -0.2) is 0 Å². The van der Waals surface area contributed by atoms with E-state index in [1.165, 1.54) is 21.3 Å². The van der Waals surface area contributed by atoms with Gasteiger partial charge in [0.1, 0.15) is 11.8 Å². The number of methoxy groups -OCH3 is 4. The number of amides is 1. The first-order valence-electron chi connectivity index (χ1n) is 9.74. The lowest BCUT2D eigenvalue weighted by molar-refractivity contribution is -0.140. The second-order valence-electron chi connectivity index (χ2n) is 6.70. The van der Waals surface area contributed by atoms with Crippen molar-refractivity contribution in [1.29, 1.82) is 5.26 Å². The molecule has 182 valence electrons. The average molecular weight is 472 g/mol. The first kappa shape index (κ1) is 27.6. The molecular weight excluding hydrogens is 444 g/mol. The van der Waals surface area contributed by atoms with Gasteiger partial charge < -0.3 is 41.3 Å². The summed E-state index contributed by atoms with van der Waals surface area (Å²) < 4.78 is 21.1. The van der Waals surface area contributed by atoms with Gasteiger partial charge in [-0.15, -0.1) is 0 Å². The van der Waals surface area contributed by atoms with Crippen molar-refractivity contribution in [3.8, 4) is 29.1 Å². The first-order chi connectivity index (χ1) is 16.1. The summed E-state index contributed by atoms with van der Waals surface area (Å²) in [7, 11) is 6.14. The van der Waals surface area contributed by atoms with Gasteiger partial charge in [0.15, 0.2) is 11.5 Å². The number of carboxylic acid groups (broad SMARTS) is 1. The van der Waals surface area contributed by atoms with Crippen LogP contribution in [0, 0.1) is 11.3 Å². The monoisotopic (exact) mass is 472 g/mol. The maximum Gasteiger partial charge on any atom is 0.321 e. The van der Waals surface area contributed by atoms with E-state index in [1.54, 1.807) is 37.5 Å². The highest BCUT2D eigenvalue weighted by Crippen LogP contribution is 2.40. The summed E-state index contributed by atoms with van der Waals surface area (Å²) in [5, 5.41) is 17.7. The molecule has 0 radical (unpaired) electrons. The molecule has 11 heteroatoms. The minimum atomic E-state index is -1.21. The minimum absolute atomic E-state index is 0.310. The summed E-state index contributed by atoms with van der Waals surface area (Å²) in [6.45, 7) is 0. The number of carboxylic acids is 1. The highest BCUT2D eigenvalue weighted by Gasteiger charge is 2.15. The predicted octanol–water partition coefficient (Wildman–Crippen LogP) is 1.64. The summed E-state index contributed by atoms with van der Waals surface area (Å²) in [4.78, 5) is 19.9. The van der Waals surface area contributed by atoms with Gasteiger partial charge in [0.05, 0.1) is 52.2 Å². The number of carbonyl (C=O) groups excluding carboxylic acids is 1. The topological polar surface area (TPSA) is 193 Å². The number of hydrogen-bond donors (Lipinski definition) is 4. The Kier molecular flexibility index (Phi) is 10.7. The van der Waals surface area contributed by atoms with Crippen molar-refractivity contribution >= 4 is 29.2 Å². The fourth-order valence-corrected chi connectivity index (χ4v) is 2.73. The molecule has 34 heavy (non-hydrogen) atoms. The zero-order valence-electron chi connectivity index (χ0n) is 19.3. The first-order valence-corrected chi connectivity index (χ1v) is 9.74. The summed E-state index contributed by atoms with van der Waals surface area (Å²) in [5.41, 5.74) is 17.8. The van der Waals surface area contributed by atoms with E-state index in [0.717, 1.165) is 5.56 Å². The van der Waals surface area contributed by atoms with E-state index < -0.39 is 17.9 Å². The molecule has 2 aromatic carbocycles. The third-order valence-corrected chi connectivity index (χ3v) is 4.40. The molecule has 0 aliphatic carbocycles.